The number of anilines is 1. The average Bonchev–Trinajstić information content (AvgIpc) is 2.61. The standard InChI is InChI=1S/C17H19BrN4O/c18-15-2-1-3-16(12-15)21-8-10-22(11-9-21)17(23)20-13-14-4-6-19-7-5-14/h1-7,12H,8-11,13H2,(H,20,23). The van der Waals surface area contributed by atoms with Crippen LogP contribution in [-0.4, -0.2) is 42.1 Å². The van der Waals surface area contributed by atoms with Gasteiger partial charge in [0, 0.05) is 55.3 Å². The highest BCUT2D eigenvalue weighted by atomic mass is 79.9. The molecule has 1 fully saturated rings. The number of hydrogen-bond donors (Lipinski definition) is 1. The van der Waals surface area contributed by atoms with E-state index in [0.717, 1.165) is 36.2 Å². The van der Waals surface area contributed by atoms with E-state index in [2.05, 4.69) is 43.3 Å². The van der Waals surface area contributed by atoms with Crippen LogP contribution in [0.2, 0.25) is 0 Å². The Morgan fingerprint density at radius 1 is 1.13 bits per heavy atom. The van der Waals surface area contributed by atoms with Crippen molar-refractivity contribution in [2.24, 2.45) is 0 Å². The van der Waals surface area contributed by atoms with Gasteiger partial charge in [0.15, 0.2) is 0 Å². The zero-order chi connectivity index (χ0) is 16.1. The highest BCUT2D eigenvalue weighted by molar-refractivity contribution is 9.10. The van der Waals surface area contributed by atoms with Crippen molar-refractivity contribution in [3.05, 3.63) is 58.8 Å². The minimum atomic E-state index is -0.00398. The van der Waals surface area contributed by atoms with Gasteiger partial charge in [-0.2, -0.15) is 0 Å². The van der Waals surface area contributed by atoms with E-state index in [4.69, 9.17) is 0 Å². The van der Waals surface area contributed by atoms with E-state index in [9.17, 15) is 4.79 Å². The van der Waals surface area contributed by atoms with Crippen LogP contribution in [0, 0.1) is 0 Å². The summed E-state index contributed by atoms with van der Waals surface area (Å²) in [4.78, 5) is 20.4. The molecule has 1 aliphatic rings. The number of nitrogens with one attached hydrogen (secondary N) is 1. The number of nitrogens with zero attached hydrogens (tertiary/aromatic N) is 3. The molecule has 2 heterocycles. The molecule has 120 valence electrons. The maximum atomic E-state index is 12.2. The smallest absolute Gasteiger partial charge is 0.317 e. The lowest BCUT2D eigenvalue weighted by molar-refractivity contribution is 0.194. The molecule has 1 aromatic carbocycles. The third-order valence-electron chi connectivity index (χ3n) is 3.93. The second kappa shape index (κ2) is 7.46. The van der Waals surface area contributed by atoms with E-state index in [1.807, 2.05) is 29.2 Å². The zero-order valence-corrected chi connectivity index (χ0v) is 14.4. The molecule has 6 heteroatoms. The van der Waals surface area contributed by atoms with Crippen LogP contribution < -0.4 is 10.2 Å². The average molecular weight is 375 g/mol. The first-order valence-corrected chi connectivity index (χ1v) is 8.44. The van der Waals surface area contributed by atoms with E-state index in [-0.39, 0.29) is 6.03 Å². The minimum Gasteiger partial charge on any atom is -0.368 e. The Kier molecular flexibility index (Phi) is 5.12. The molecular formula is C17H19BrN4O. The summed E-state index contributed by atoms with van der Waals surface area (Å²) in [6.45, 7) is 3.69. The fourth-order valence-corrected chi connectivity index (χ4v) is 3.02. The lowest BCUT2D eigenvalue weighted by Gasteiger charge is -2.36. The van der Waals surface area contributed by atoms with Gasteiger partial charge in [-0.1, -0.05) is 22.0 Å². The fraction of sp³-hybridized carbons (Fsp3) is 0.294. The molecule has 0 unspecified atom stereocenters. The number of benzene rings is 1. The van der Waals surface area contributed by atoms with E-state index >= 15 is 0 Å². The zero-order valence-electron chi connectivity index (χ0n) is 12.8. The Labute approximate surface area is 144 Å². The Morgan fingerprint density at radius 2 is 1.87 bits per heavy atom. The van der Waals surface area contributed by atoms with Crippen LogP contribution in [0.5, 0.6) is 0 Å². The van der Waals surface area contributed by atoms with E-state index in [0.29, 0.717) is 6.54 Å². The van der Waals surface area contributed by atoms with Gasteiger partial charge in [-0.15, -0.1) is 0 Å². The van der Waals surface area contributed by atoms with Gasteiger partial charge in [-0.05, 0) is 35.9 Å². The Balaban J connectivity index is 1.49. The van der Waals surface area contributed by atoms with E-state index < -0.39 is 0 Å². The number of urea groups is 1. The van der Waals surface area contributed by atoms with Gasteiger partial charge in [0.05, 0.1) is 0 Å². The summed E-state index contributed by atoms with van der Waals surface area (Å²) in [5.74, 6) is 0. The topological polar surface area (TPSA) is 48.5 Å². The summed E-state index contributed by atoms with van der Waals surface area (Å²) in [5.41, 5.74) is 2.25. The van der Waals surface area contributed by atoms with Crippen molar-refractivity contribution in [2.75, 3.05) is 31.1 Å². The number of rotatable bonds is 3. The van der Waals surface area contributed by atoms with Crippen molar-refractivity contribution in [1.29, 1.82) is 0 Å². The van der Waals surface area contributed by atoms with Gasteiger partial charge in [0.1, 0.15) is 0 Å². The quantitative estimate of drug-likeness (QED) is 0.898. The number of piperazine rings is 1. The second-order valence-electron chi connectivity index (χ2n) is 5.47. The Morgan fingerprint density at radius 3 is 2.57 bits per heavy atom. The normalized spacial score (nSPS) is 14.7. The number of carbonyl (C=O) groups excluding carboxylic acids is 1. The van der Waals surface area contributed by atoms with Crippen molar-refractivity contribution in [3.63, 3.8) is 0 Å². The predicted octanol–water partition coefficient (Wildman–Crippen LogP) is 2.88. The predicted molar refractivity (Wildman–Crippen MR) is 94.4 cm³/mol. The molecule has 0 saturated carbocycles. The van der Waals surface area contributed by atoms with Gasteiger partial charge >= 0.3 is 6.03 Å². The molecule has 1 N–H and O–H groups in total. The maximum Gasteiger partial charge on any atom is 0.317 e. The largest absolute Gasteiger partial charge is 0.368 e. The SMILES string of the molecule is O=C(NCc1ccncc1)N1CCN(c2cccc(Br)c2)CC1. The van der Waals surface area contributed by atoms with Crippen LogP contribution in [0.1, 0.15) is 5.56 Å². The van der Waals surface area contributed by atoms with Crippen LogP contribution in [-0.2, 0) is 6.54 Å². The summed E-state index contributed by atoms with van der Waals surface area (Å²) < 4.78 is 1.08. The molecular weight excluding hydrogens is 356 g/mol. The molecule has 0 radical (unpaired) electrons. The molecule has 0 aliphatic carbocycles. The number of amides is 2. The fourth-order valence-electron chi connectivity index (χ4n) is 2.63. The van der Waals surface area contributed by atoms with Crippen molar-refractivity contribution < 1.29 is 4.79 Å². The Hall–Kier alpha value is -2.08. The maximum absolute atomic E-state index is 12.2. The van der Waals surface area contributed by atoms with E-state index in [1.165, 1.54) is 5.69 Å². The molecule has 1 saturated heterocycles. The van der Waals surface area contributed by atoms with Crippen LogP contribution in [0.3, 0.4) is 0 Å². The molecule has 2 aromatic rings. The molecule has 0 spiro atoms. The van der Waals surface area contributed by atoms with Crippen molar-refractivity contribution in [1.82, 2.24) is 15.2 Å². The monoisotopic (exact) mass is 374 g/mol. The Bertz CT molecular complexity index is 657. The molecule has 0 atom stereocenters. The van der Waals surface area contributed by atoms with Crippen molar-refractivity contribution in [3.8, 4) is 0 Å². The van der Waals surface area contributed by atoms with Crippen molar-refractivity contribution in [2.45, 2.75) is 6.54 Å². The molecule has 3 rings (SSSR count). The molecule has 23 heavy (non-hydrogen) atoms. The van der Waals surface area contributed by atoms with Gasteiger partial charge in [0.25, 0.3) is 0 Å². The third kappa shape index (κ3) is 4.22. The first-order chi connectivity index (χ1) is 11.2. The van der Waals surface area contributed by atoms with Crippen LogP contribution >= 0.6 is 15.9 Å². The number of aromatic nitrogens is 1. The summed E-state index contributed by atoms with van der Waals surface area (Å²) in [5, 5.41) is 2.97. The second-order valence-corrected chi connectivity index (χ2v) is 6.38. The van der Waals surface area contributed by atoms with Gasteiger partial charge < -0.3 is 15.1 Å². The summed E-state index contributed by atoms with van der Waals surface area (Å²) >= 11 is 3.50. The molecule has 5 nitrogen and oxygen atoms in total. The van der Waals surface area contributed by atoms with Gasteiger partial charge in [-0.3, -0.25) is 4.98 Å². The van der Waals surface area contributed by atoms with Crippen LogP contribution in [0.15, 0.2) is 53.3 Å². The molecule has 1 aromatic heterocycles. The number of pyridine rings is 1. The van der Waals surface area contributed by atoms with Crippen LogP contribution in [0.25, 0.3) is 0 Å². The lowest BCUT2D eigenvalue weighted by Crippen LogP contribution is -2.51. The molecule has 1 aliphatic heterocycles. The third-order valence-corrected chi connectivity index (χ3v) is 4.43. The first-order valence-electron chi connectivity index (χ1n) is 7.64. The number of halogens is 1. The summed E-state index contributed by atoms with van der Waals surface area (Å²) in [6.07, 6.45) is 3.47. The molecule has 2 amide bonds. The van der Waals surface area contributed by atoms with Gasteiger partial charge in [0.2, 0.25) is 0 Å². The highest BCUT2D eigenvalue weighted by Gasteiger charge is 2.21. The molecule has 0 bridgehead atoms. The van der Waals surface area contributed by atoms with E-state index in [1.54, 1.807) is 12.4 Å². The lowest BCUT2D eigenvalue weighted by atomic mass is 10.2. The van der Waals surface area contributed by atoms with Crippen LogP contribution in [0.4, 0.5) is 10.5 Å². The summed E-state index contributed by atoms with van der Waals surface area (Å²) in [6, 6.07) is 12.1. The minimum absolute atomic E-state index is 0.00398. The van der Waals surface area contributed by atoms with Crippen molar-refractivity contribution >= 4 is 27.6 Å². The first kappa shape index (κ1) is 15.8. The number of hydrogen-bond acceptors (Lipinski definition) is 3. The number of carbonyl (C=O) groups is 1. The highest BCUT2D eigenvalue weighted by Crippen LogP contribution is 2.21. The summed E-state index contributed by atoms with van der Waals surface area (Å²) in [7, 11) is 0. The van der Waals surface area contributed by atoms with Gasteiger partial charge in [-0.25, -0.2) is 4.79 Å².